The van der Waals surface area contributed by atoms with E-state index in [1.165, 1.54) is 17.9 Å². The first-order valence-corrected chi connectivity index (χ1v) is 6.66. The first-order chi connectivity index (χ1) is 10.1. The number of nitrogen functional groups attached to an aromatic ring is 1. The molecule has 0 radical (unpaired) electrons. The van der Waals surface area contributed by atoms with Crippen molar-refractivity contribution in [1.82, 2.24) is 14.1 Å². The quantitative estimate of drug-likeness (QED) is 0.863. The van der Waals surface area contributed by atoms with E-state index >= 15 is 0 Å². The Bertz CT molecular complexity index is 749. The maximum absolute atomic E-state index is 12.3. The van der Waals surface area contributed by atoms with Gasteiger partial charge >= 0.3 is 5.69 Å². The van der Waals surface area contributed by atoms with Crippen molar-refractivity contribution in [2.75, 3.05) is 12.8 Å². The summed E-state index contributed by atoms with van der Waals surface area (Å²) in [4.78, 5) is 28.6. The number of hydrogen-bond donors (Lipinski definition) is 1. The molecule has 0 aliphatic carbocycles. The molecule has 0 spiro atoms. The smallest absolute Gasteiger partial charge is 0.331 e. The molecule has 2 rings (SSSR count). The average molecular weight is 290 g/mol. The van der Waals surface area contributed by atoms with E-state index in [0.29, 0.717) is 18.1 Å². The summed E-state index contributed by atoms with van der Waals surface area (Å²) >= 11 is 0. The van der Waals surface area contributed by atoms with Gasteiger partial charge in [-0.3, -0.25) is 13.9 Å². The highest BCUT2D eigenvalue weighted by Gasteiger charge is 2.10. The zero-order valence-corrected chi connectivity index (χ0v) is 12.1. The van der Waals surface area contributed by atoms with Gasteiger partial charge in [0.25, 0.3) is 5.56 Å². The molecule has 0 fully saturated rings. The van der Waals surface area contributed by atoms with Crippen LogP contribution in [0.15, 0.2) is 34.0 Å². The van der Waals surface area contributed by atoms with Gasteiger partial charge in [0.15, 0.2) is 0 Å². The molecule has 0 amide bonds. The molecule has 0 aromatic carbocycles. The van der Waals surface area contributed by atoms with E-state index in [1.807, 2.05) is 6.92 Å². The molecule has 0 saturated heterocycles. The Morgan fingerprint density at radius 2 is 2.10 bits per heavy atom. The summed E-state index contributed by atoms with van der Waals surface area (Å²) in [5.74, 6) is 0.429. The number of ether oxygens (including phenoxy) is 1. The highest BCUT2D eigenvalue weighted by molar-refractivity contribution is 5.31. The largest absolute Gasteiger partial charge is 0.481 e. The highest BCUT2D eigenvalue weighted by atomic mass is 16.5. The number of pyridine rings is 1. The molecule has 0 atom stereocenters. The third-order valence-electron chi connectivity index (χ3n) is 3.04. The van der Waals surface area contributed by atoms with Crippen LogP contribution in [0.1, 0.15) is 19.0 Å². The highest BCUT2D eigenvalue weighted by Crippen LogP contribution is 2.07. The number of nitrogens with two attached hydrogens (primary N) is 1. The molecule has 7 nitrogen and oxygen atoms in total. The van der Waals surface area contributed by atoms with Crippen molar-refractivity contribution in [3.05, 3.63) is 50.9 Å². The molecule has 2 heterocycles. The molecule has 0 unspecified atom stereocenters. The number of aromatic nitrogens is 3. The number of aryl methyl sites for hydroxylation is 1. The second kappa shape index (κ2) is 6.25. The Labute approximate surface area is 121 Å². The minimum Gasteiger partial charge on any atom is -0.481 e. The van der Waals surface area contributed by atoms with Crippen LogP contribution in [0.4, 0.5) is 5.69 Å². The van der Waals surface area contributed by atoms with Crippen molar-refractivity contribution in [1.29, 1.82) is 0 Å². The standard InChI is InChI=1S/C14H18N4O3/c1-3-7-17-9-11(15)13(19)18(14(17)20)8-10-5-4-6-12(16-10)21-2/h4-6,9H,3,7-8,15H2,1-2H3. The van der Waals surface area contributed by atoms with Gasteiger partial charge in [-0.1, -0.05) is 13.0 Å². The number of methoxy groups -OCH3 is 1. The van der Waals surface area contributed by atoms with Gasteiger partial charge in [-0.2, -0.15) is 0 Å². The number of rotatable bonds is 5. The Morgan fingerprint density at radius 3 is 2.76 bits per heavy atom. The maximum atomic E-state index is 12.3. The van der Waals surface area contributed by atoms with Crippen LogP contribution >= 0.6 is 0 Å². The fourth-order valence-corrected chi connectivity index (χ4v) is 2.04. The normalized spacial score (nSPS) is 10.6. The maximum Gasteiger partial charge on any atom is 0.331 e. The Morgan fingerprint density at radius 1 is 1.33 bits per heavy atom. The molecule has 2 aromatic heterocycles. The van der Waals surface area contributed by atoms with Gasteiger partial charge in [0.05, 0.1) is 19.3 Å². The van der Waals surface area contributed by atoms with E-state index in [2.05, 4.69) is 4.98 Å². The molecule has 2 N–H and O–H groups in total. The summed E-state index contributed by atoms with van der Waals surface area (Å²) in [7, 11) is 1.51. The Balaban J connectivity index is 2.48. The summed E-state index contributed by atoms with van der Waals surface area (Å²) in [6, 6.07) is 5.17. The van der Waals surface area contributed by atoms with E-state index in [-0.39, 0.29) is 17.9 Å². The van der Waals surface area contributed by atoms with Crippen molar-refractivity contribution < 1.29 is 4.74 Å². The first kappa shape index (κ1) is 14.8. The summed E-state index contributed by atoms with van der Waals surface area (Å²) in [5, 5.41) is 0. The fourth-order valence-electron chi connectivity index (χ4n) is 2.04. The summed E-state index contributed by atoms with van der Waals surface area (Å²) < 4.78 is 7.56. The van der Waals surface area contributed by atoms with E-state index in [9.17, 15) is 9.59 Å². The van der Waals surface area contributed by atoms with Gasteiger partial charge in [0.2, 0.25) is 5.88 Å². The minimum atomic E-state index is -0.503. The van der Waals surface area contributed by atoms with Gasteiger partial charge in [-0.25, -0.2) is 9.78 Å². The molecular weight excluding hydrogens is 272 g/mol. The van der Waals surface area contributed by atoms with E-state index in [0.717, 1.165) is 11.0 Å². The lowest BCUT2D eigenvalue weighted by molar-refractivity contribution is 0.395. The van der Waals surface area contributed by atoms with Gasteiger partial charge in [0.1, 0.15) is 5.69 Å². The second-order valence-electron chi connectivity index (χ2n) is 4.62. The van der Waals surface area contributed by atoms with Crippen LogP contribution < -0.4 is 21.7 Å². The van der Waals surface area contributed by atoms with Crippen LogP contribution in [0.3, 0.4) is 0 Å². The molecule has 0 aliphatic rings. The SMILES string of the molecule is CCCn1cc(N)c(=O)n(Cc2cccc(OC)n2)c1=O. The van der Waals surface area contributed by atoms with Crippen molar-refractivity contribution in [3.8, 4) is 5.88 Å². The molecule has 0 aliphatic heterocycles. The lowest BCUT2D eigenvalue weighted by Crippen LogP contribution is -2.41. The Kier molecular flexibility index (Phi) is 4.42. The van der Waals surface area contributed by atoms with Gasteiger partial charge in [-0.15, -0.1) is 0 Å². The molecule has 7 heteroatoms. The monoisotopic (exact) mass is 290 g/mol. The van der Waals surface area contributed by atoms with Crippen LogP contribution in [0.2, 0.25) is 0 Å². The number of anilines is 1. The van der Waals surface area contributed by atoms with Crippen molar-refractivity contribution in [2.45, 2.75) is 26.4 Å². The number of hydrogen-bond acceptors (Lipinski definition) is 5. The van der Waals surface area contributed by atoms with Crippen LogP contribution in [0, 0.1) is 0 Å². The third-order valence-corrected chi connectivity index (χ3v) is 3.04. The Hall–Kier alpha value is -2.57. The zero-order chi connectivity index (χ0) is 15.4. The topological polar surface area (TPSA) is 92.1 Å². The summed E-state index contributed by atoms with van der Waals surface area (Å²) in [6.07, 6.45) is 2.17. The molecule has 21 heavy (non-hydrogen) atoms. The van der Waals surface area contributed by atoms with E-state index < -0.39 is 5.56 Å². The van der Waals surface area contributed by atoms with Gasteiger partial charge in [-0.05, 0) is 12.5 Å². The average Bonchev–Trinajstić information content (AvgIpc) is 2.49. The van der Waals surface area contributed by atoms with E-state index in [4.69, 9.17) is 10.5 Å². The summed E-state index contributed by atoms with van der Waals surface area (Å²) in [5.41, 5.74) is 5.41. The van der Waals surface area contributed by atoms with Crippen LogP contribution in [-0.2, 0) is 13.1 Å². The molecule has 2 aromatic rings. The molecule has 0 bridgehead atoms. The summed E-state index contributed by atoms with van der Waals surface area (Å²) in [6.45, 7) is 2.51. The third kappa shape index (κ3) is 3.13. The molecular formula is C14H18N4O3. The zero-order valence-electron chi connectivity index (χ0n) is 12.1. The predicted octanol–water partition coefficient (Wildman–Crippen LogP) is 0.454. The van der Waals surface area contributed by atoms with Crippen LogP contribution in [0.25, 0.3) is 0 Å². The van der Waals surface area contributed by atoms with Crippen LogP contribution in [-0.4, -0.2) is 21.2 Å². The van der Waals surface area contributed by atoms with Crippen molar-refractivity contribution >= 4 is 5.69 Å². The van der Waals surface area contributed by atoms with Crippen molar-refractivity contribution in [3.63, 3.8) is 0 Å². The van der Waals surface area contributed by atoms with Gasteiger partial charge < -0.3 is 10.5 Å². The second-order valence-corrected chi connectivity index (χ2v) is 4.62. The number of nitrogens with zero attached hydrogens (tertiary/aromatic N) is 3. The van der Waals surface area contributed by atoms with E-state index in [1.54, 1.807) is 18.2 Å². The van der Waals surface area contributed by atoms with Gasteiger partial charge in [0, 0.05) is 18.8 Å². The molecule has 112 valence electrons. The van der Waals surface area contributed by atoms with Crippen LogP contribution in [0.5, 0.6) is 5.88 Å². The fraction of sp³-hybridized carbons (Fsp3) is 0.357. The first-order valence-electron chi connectivity index (χ1n) is 6.66. The minimum absolute atomic E-state index is 0.0472. The lowest BCUT2D eigenvalue weighted by Gasteiger charge is -2.11. The van der Waals surface area contributed by atoms with Crippen molar-refractivity contribution in [2.24, 2.45) is 0 Å². The molecule has 0 saturated carbocycles. The lowest BCUT2D eigenvalue weighted by atomic mass is 10.3. The predicted molar refractivity (Wildman–Crippen MR) is 79.6 cm³/mol.